The number of amides is 1. The second-order valence-electron chi connectivity index (χ2n) is 4.00. The van der Waals surface area contributed by atoms with Crippen molar-refractivity contribution in [1.82, 2.24) is 0 Å². The summed E-state index contributed by atoms with van der Waals surface area (Å²) in [5.41, 5.74) is 3.42. The van der Waals surface area contributed by atoms with Crippen LogP contribution in [0.25, 0.3) is 11.1 Å². The Labute approximate surface area is 105 Å². The van der Waals surface area contributed by atoms with Gasteiger partial charge in [0, 0.05) is 18.2 Å². The van der Waals surface area contributed by atoms with E-state index in [-0.39, 0.29) is 5.91 Å². The minimum absolute atomic E-state index is 0.0940. The lowest BCUT2D eigenvalue weighted by molar-refractivity contribution is -0.114. The first-order valence-electron chi connectivity index (χ1n) is 5.62. The highest BCUT2D eigenvalue weighted by Crippen LogP contribution is 2.22. The molecular weight excluding hydrogens is 226 g/mol. The zero-order chi connectivity index (χ0) is 13.0. The van der Waals surface area contributed by atoms with E-state index in [4.69, 9.17) is 0 Å². The second kappa shape index (κ2) is 5.27. The molecule has 0 fully saturated rings. The van der Waals surface area contributed by atoms with E-state index in [9.17, 15) is 9.59 Å². The molecule has 3 nitrogen and oxygen atoms in total. The summed E-state index contributed by atoms with van der Waals surface area (Å²) in [5.74, 6) is -0.0940. The minimum Gasteiger partial charge on any atom is -0.326 e. The number of rotatable bonds is 3. The van der Waals surface area contributed by atoms with E-state index in [1.54, 1.807) is 12.1 Å². The second-order valence-corrected chi connectivity index (χ2v) is 4.00. The number of hydrogen-bond acceptors (Lipinski definition) is 2. The molecule has 0 aromatic heterocycles. The van der Waals surface area contributed by atoms with E-state index in [1.165, 1.54) is 6.92 Å². The van der Waals surface area contributed by atoms with Crippen LogP contribution in [0.15, 0.2) is 48.5 Å². The van der Waals surface area contributed by atoms with Gasteiger partial charge in [0.25, 0.3) is 0 Å². The highest BCUT2D eigenvalue weighted by Gasteiger charge is 2.00. The molecule has 1 N–H and O–H groups in total. The third kappa shape index (κ3) is 2.83. The number of anilines is 1. The number of hydrogen-bond donors (Lipinski definition) is 1. The molecular formula is C15H13NO2. The van der Waals surface area contributed by atoms with Crippen molar-refractivity contribution in [3.8, 4) is 11.1 Å². The lowest BCUT2D eigenvalue weighted by atomic mass is 10.0. The van der Waals surface area contributed by atoms with Crippen LogP contribution in [-0.4, -0.2) is 12.2 Å². The summed E-state index contributed by atoms with van der Waals surface area (Å²) in [5, 5.41) is 2.74. The highest BCUT2D eigenvalue weighted by atomic mass is 16.1. The molecule has 1 amide bonds. The van der Waals surface area contributed by atoms with Gasteiger partial charge in [-0.05, 0) is 23.3 Å². The van der Waals surface area contributed by atoms with Crippen LogP contribution in [0.3, 0.4) is 0 Å². The van der Waals surface area contributed by atoms with Gasteiger partial charge in [0.05, 0.1) is 0 Å². The molecule has 0 aliphatic carbocycles. The maximum atomic E-state index is 11.0. The molecule has 0 heterocycles. The topological polar surface area (TPSA) is 46.2 Å². The quantitative estimate of drug-likeness (QED) is 0.836. The Balaban J connectivity index is 2.31. The van der Waals surface area contributed by atoms with Crippen LogP contribution in [0, 0.1) is 0 Å². The fraction of sp³-hybridized carbons (Fsp3) is 0.0667. The molecule has 0 aliphatic rings. The minimum atomic E-state index is -0.0940. The van der Waals surface area contributed by atoms with Gasteiger partial charge >= 0.3 is 0 Å². The molecule has 0 spiro atoms. The van der Waals surface area contributed by atoms with Crippen molar-refractivity contribution in [2.24, 2.45) is 0 Å². The summed E-state index contributed by atoms with van der Waals surface area (Å²) in [6.07, 6.45) is 0.817. The Kier molecular flexibility index (Phi) is 3.53. The molecule has 0 aliphatic heterocycles. The highest BCUT2D eigenvalue weighted by molar-refractivity contribution is 5.89. The average Bonchev–Trinajstić information content (AvgIpc) is 2.38. The Morgan fingerprint density at radius 1 is 1.06 bits per heavy atom. The fourth-order valence-corrected chi connectivity index (χ4v) is 1.73. The number of benzene rings is 2. The first-order chi connectivity index (χ1) is 8.69. The lowest BCUT2D eigenvalue weighted by Gasteiger charge is -2.06. The zero-order valence-electron chi connectivity index (χ0n) is 10.0. The van der Waals surface area contributed by atoms with Crippen LogP contribution in [0.4, 0.5) is 5.69 Å². The summed E-state index contributed by atoms with van der Waals surface area (Å²) in [7, 11) is 0. The predicted molar refractivity (Wildman–Crippen MR) is 71.6 cm³/mol. The zero-order valence-corrected chi connectivity index (χ0v) is 10.0. The van der Waals surface area contributed by atoms with Crippen LogP contribution in [-0.2, 0) is 4.79 Å². The van der Waals surface area contributed by atoms with Crippen molar-refractivity contribution in [3.63, 3.8) is 0 Å². The maximum absolute atomic E-state index is 11.0. The van der Waals surface area contributed by atoms with Gasteiger partial charge in [0.2, 0.25) is 5.91 Å². The van der Waals surface area contributed by atoms with E-state index in [0.29, 0.717) is 5.56 Å². The van der Waals surface area contributed by atoms with Gasteiger partial charge in [-0.3, -0.25) is 9.59 Å². The van der Waals surface area contributed by atoms with Crippen molar-refractivity contribution in [1.29, 1.82) is 0 Å². The molecule has 0 atom stereocenters. The first kappa shape index (κ1) is 12.0. The van der Waals surface area contributed by atoms with Gasteiger partial charge in [0.1, 0.15) is 6.29 Å². The van der Waals surface area contributed by atoms with Crippen LogP contribution >= 0.6 is 0 Å². The third-order valence-electron chi connectivity index (χ3n) is 2.56. The van der Waals surface area contributed by atoms with Gasteiger partial charge in [0.15, 0.2) is 0 Å². The molecule has 18 heavy (non-hydrogen) atoms. The van der Waals surface area contributed by atoms with Crippen LogP contribution in [0.1, 0.15) is 17.3 Å². The Morgan fingerprint density at radius 3 is 2.39 bits per heavy atom. The predicted octanol–water partition coefficient (Wildman–Crippen LogP) is 3.12. The number of carbonyl (C=O) groups is 2. The van der Waals surface area contributed by atoms with Crippen molar-refractivity contribution in [2.75, 3.05) is 5.32 Å². The SMILES string of the molecule is CC(=O)Nc1cccc(-c2ccc(C=O)cc2)c1. The third-order valence-corrected chi connectivity index (χ3v) is 2.56. The maximum Gasteiger partial charge on any atom is 0.221 e. The summed E-state index contributed by atoms with van der Waals surface area (Å²) in [6.45, 7) is 1.48. The van der Waals surface area contributed by atoms with Gasteiger partial charge in [-0.15, -0.1) is 0 Å². The van der Waals surface area contributed by atoms with Crippen LogP contribution in [0.2, 0.25) is 0 Å². The van der Waals surface area contributed by atoms with E-state index < -0.39 is 0 Å². The van der Waals surface area contributed by atoms with E-state index >= 15 is 0 Å². The van der Waals surface area contributed by atoms with Crippen molar-refractivity contribution in [3.05, 3.63) is 54.1 Å². The molecule has 0 unspecified atom stereocenters. The monoisotopic (exact) mass is 239 g/mol. The summed E-state index contributed by atoms with van der Waals surface area (Å²) in [6, 6.07) is 14.9. The number of nitrogens with one attached hydrogen (secondary N) is 1. The standard InChI is InChI=1S/C15H13NO2/c1-11(18)16-15-4-2-3-14(9-15)13-7-5-12(10-17)6-8-13/h2-10H,1H3,(H,16,18). The van der Waals surface area contributed by atoms with Crippen molar-refractivity contribution >= 4 is 17.9 Å². The summed E-state index contributed by atoms with van der Waals surface area (Å²) < 4.78 is 0. The fourth-order valence-electron chi connectivity index (χ4n) is 1.73. The van der Waals surface area contributed by atoms with Gasteiger partial charge in [-0.1, -0.05) is 36.4 Å². The van der Waals surface area contributed by atoms with Crippen LogP contribution < -0.4 is 5.32 Å². The lowest BCUT2D eigenvalue weighted by Crippen LogP contribution is -2.05. The van der Waals surface area contributed by atoms with Crippen LogP contribution in [0.5, 0.6) is 0 Å². The first-order valence-corrected chi connectivity index (χ1v) is 5.62. The molecule has 2 aromatic rings. The molecule has 3 heteroatoms. The van der Waals surface area contributed by atoms with Gasteiger partial charge in [-0.2, -0.15) is 0 Å². The van der Waals surface area contributed by atoms with Gasteiger partial charge in [-0.25, -0.2) is 0 Å². The average molecular weight is 239 g/mol. The van der Waals surface area contributed by atoms with E-state index in [1.807, 2.05) is 36.4 Å². The molecule has 0 bridgehead atoms. The van der Waals surface area contributed by atoms with Crippen molar-refractivity contribution < 1.29 is 9.59 Å². The number of aldehydes is 1. The largest absolute Gasteiger partial charge is 0.326 e. The molecule has 2 aromatic carbocycles. The summed E-state index contributed by atoms with van der Waals surface area (Å²) in [4.78, 5) is 21.6. The molecule has 90 valence electrons. The molecule has 0 radical (unpaired) electrons. The Morgan fingerprint density at radius 2 is 1.78 bits per heavy atom. The van der Waals surface area contributed by atoms with E-state index in [2.05, 4.69) is 5.32 Å². The normalized spacial score (nSPS) is 9.83. The Hall–Kier alpha value is -2.42. The Bertz CT molecular complexity index is 573. The van der Waals surface area contributed by atoms with Crippen molar-refractivity contribution in [2.45, 2.75) is 6.92 Å². The van der Waals surface area contributed by atoms with Gasteiger partial charge < -0.3 is 5.32 Å². The summed E-state index contributed by atoms with van der Waals surface area (Å²) >= 11 is 0. The van der Waals surface area contributed by atoms with E-state index in [0.717, 1.165) is 23.1 Å². The smallest absolute Gasteiger partial charge is 0.221 e. The molecule has 0 saturated heterocycles. The number of carbonyl (C=O) groups excluding carboxylic acids is 2. The molecule has 2 rings (SSSR count). The molecule has 0 saturated carbocycles.